The molecule has 2 rings (SSSR count). The minimum atomic E-state index is -0.345. The maximum atomic E-state index is 12.0. The minimum Gasteiger partial charge on any atom is -0.366 e. The molecule has 0 saturated heterocycles. The SMILES string of the molecule is CC(C)(C)OCC(=O)Nc1sc2c(c1C#N)CCCCC2. The number of fused-ring (bicyclic) bond motifs is 1. The van der Waals surface area contributed by atoms with Crippen molar-refractivity contribution in [2.24, 2.45) is 0 Å². The number of carbonyl (C=O) groups excluding carboxylic acids is 1. The standard InChI is InChI=1S/C16H22N2O2S/c1-16(2,3)20-10-14(19)18-15-12(9-17)11-7-5-4-6-8-13(11)21-15/h4-8,10H2,1-3H3,(H,18,19). The van der Waals surface area contributed by atoms with E-state index in [1.807, 2.05) is 20.8 Å². The van der Waals surface area contributed by atoms with Crippen molar-refractivity contribution < 1.29 is 9.53 Å². The van der Waals surface area contributed by atoms with E-state index in [0.29, 0.717) is 10.6 Å². The Bertz CT molecular complexity index is 564. The number of hydrogen-bond acceptors (Lipinski definition) is 4. The van der Waals surface area contributed by atoms with Gasteiger partial charge >= 0.3 is 0 Å². The van der Waals surface area contributed by atoms with Crippen LogP contribution in [0.15, 0.2) is 0 Å². The Balaban J connectivity index is 2.10. The zero-order valence-corrected chi connectivity index (χ0v) is 13.7. The number of nitrogens with one attached hydrogen (secondary N) is 1. The zero-order chi connectivity index (χ0) is 15.5. The van der Waals surface area contributed by atoms with Crippen LogP contribution in [0.3, 0.4) is 0 Å². The number of aryl methyl sites for hydroxylation is 1. The number of nitrogens with zero attached hydrogens (tertiary/aromatic N) is 1. The van der Waals surface area contributed by atoms with Gasteiger partial charge in [0, 0.05) is 4.88 Å². The normalized spacial score (nSPS) is 15.0. The molecular formula is C16H22N2O2S. The molecule has 0 saturated carbocycles. The Morgan fingerprint density at radius 1 is 1.33 bits per heavy atom. The molecule has 1 heterocycles. The van der Waals surface area contributed by atoms with Crippen LogP contribution < -0.4 is 5.32 Å². The Morgan fingerprint density at radius 3 is 2.71 bits per heavy atom. The van der Waals surface area contributed by atoms with E-state index in [-0.39, 0.29) is 18.1 Å². The summed E-state index contributed by atoms with van der Waals surface area (Å²) in [5, 5.41) is 12.9. The number of nitriles is 1. The Hall–Kier alpha value is -1.38. The summed E-state index contributed by atoms with van der Waals surface area (Å²) in [7, 11) is 0. The van der Waals surface area contributed by atoms with Gasteiger partial charge in [-0.15, -0.1) is 11.3 Å². The fourth-order valence-corrected chi connectivity index (χ4v) is 3.65. The van der Waals surface area contributed by atoms with E-state index in [0.717, 1.165) is 24.8 Å². The fraction of sp³-hybridized carbons (Fsp3) is 0.625. The van der Waals surface area contributed by atoms with E-state index in [9.17, 15) is 10.1 Å². The van der Waals surface area contributed by atoms with Gasteiger partial charge in [0.15, 0.2) is 0 Å². The number of hydrogen-bond donors (Lipinski definition) is 1. The first-order valence-corrected chi connectivity index (χ1v) is 8.21. The monoisotopic (exact) mass is 306 g/mol. The van der Waals surface area contributed by atoms with Gasteiger partial charge in [0.25, 0.3) is 5.91 Å². The van der Waals surface area contributed by atoms with Crippen molar-refractivity contribution in [1.29, 1.82) is 5.26 Å². The third-order valence-corrected chi connectivity index (χ3v) is 4.63. The fourth-order valence-electron chi connectivity index (χ4n) is 2.39. The highest BCUT2D eigenvalue weighted by Gasteiger charge is 2.21. The molecular weight excluding hydrogens is 284 g/mol. The zero-order valence-electron chi connectivity index (χ0n) is 12.9. The first-order chi connectivity index (χ1) is 9.90. The van der Waals surface area contributed by atoms with E-state index >= 15 is 0 Å². The average molecular weight is 306 g/mol. The van der Waals surface area contributed by atoms with Crippen molar-refractivity contribution in [2.75, 3.05) is 11.9 Å². The topological polar surface area (TPSA) is 62.1 Å². The van der Waals surface area contributed by atoms with E-state index in [1.165, 1.54) is 17.7 Å². The molecule has 0 atom stereocenters. The summed E-state index contributed by atoms with van der Waals surface area (Å²) in [4.78, 5) is 13.2. The number of anilines is 1. The summed E-state index contributed by atoms with van der Waals surface area (Å²) in [5.74, 6) is -0.196. The molecule has 0 radical (unpaired) electrons. The maximum absolute atomic E-state index is 12.0. The summed E-state index contributed by atoms with van der Waals surface area (Å²) < 4.78 is 5.47. The van der Waals surface area contributed by atoms with Crippen LogP contribution in [-0.4, -0.2) is 18.1 Å². The maximum Gasteiger partial charge on any atom is 0.251 e. The van der Waals surface area contributed by atoms with Crippen LogP contribution in [0.1, 0.15) is 56.0 Å². The van der Waals surface area contributed by atoms with E-state index in [4.69, 9.17) is 4.74 Å². The second-order valence-corrected chi connectivity index (χ2v) is 7.43. The quantitative estimate of drug-likeness (QED) is 0.867. The molecule has 1 N–H and O–H groups in total. The van der Waals surface area contributed by atoms with Gasteiger partial charge in [0.05, 0.1) is 11.2 Å². The molecule has 0 aliphatic heterocycles. The molecule has 5 heteroatoms. The molecule has 1 aliphatic rings. The molecule has 0 spiro atoms. The van der Waals surface area contributed by atoms with Crippen molar-refractivity contribution >= 4 is 22.2 Å². The van der Waals surface area contributed by atoms with Gasteiger partial charge in [-0.3, -0.25) is 4.79 Å². The van der Waals surface area contributed by atoms with E-state index < -0.39 is 0 Å². The molecule has 0 aromatic carbocycles. The molecule has 0 unspecified atom stereocenters. The summed E-state index contributed by atoms with van der Waals surface area (Å²) in [5.41, 5.74) is 1.45. The van der Waals surface area contributed by atoms with Gasteiger partial charge in [0.2, 0.25) is 0 Å². The summed E-state index contributed by atoms with van der Waals surface area (Å²) >= 11 is 1.55. The van der Waals surface area contributed by atoms with E-state index in [1.54, 1.807) is 11.3 Å². The minimum absolute atomic E-state index is 0.0108. The molecule has 1 amide bonds. The lowest BCUT2D eigenvalue weighted by Crippen LogP contribution is -2.27. The molecule has 1 aromatic rings. The second-order valence-electron chi connectivity index (χ2n) is 6.33. The lowest BCUT2D eigenvalue weighted by molar-refractivity contribution is -0.125. The number of rotatable bonds is 3. The number of thiophene rings is 1. The van der Waals surface area contributed by atoms with Crippen LogP contribution in [0.2, 0.25) is 0 Å². The van der Waals surface area contributed by atoms with Gasteiger partial charge < -0.3 is 10.1 Å². The van der Waals surface area contributed by atoms with Gasteiger partial charge in [0.1, 0.15) is 17.7 Å². The third kappa shape index (κ3) is 4.29. The van der Waals surface area contributed by atoms with E-state index in [2.05, 4.69) is 11.4 Å². The molecule has 4 nitrogen and oxygen atoms in total. The Morgan fingerprint density at radius 2 is 2.05 bits per heavy atom. The predicted molar refractivity (Wildman–Crippen MR) is 84.6 cm³/mol. The van der Waals surface area contributed by atoms with Gasteiger partial charge in [-0.2, -0.15) is 5.26 Å². The lowest BCUT2D eigenvalue weighted by Gasteiger charge is -2.18. The van der Waals surface area contributed by atoms with Crippen LogP contribution in [0.5, 0.6) is 0 Å². The Kier molecular flexibility index (Phi) is 5.02. The van der Waals surface area contributed by atoms with Crippen molar-refractivity contribution in [3.8, 4) is 6.07 Å². The molecule has 1 aliphatic carbocycles. The highest BCUT2D eigenvalue weighted by Crippen LogP contribution is 2.36. The summed E-state index contributed by atoms with van der Waals surface area (Å²) in [6.07, 6.45) is 5.47. The molecule has 1 aromatic heterocycles. The van der Waals surface area contributed by atoms with Crippen molar-refractivity contribution in [3.63, 3.8) is 0 Å². The van der Waals surface area contributed by atoms with Crippen LogP contribution in [-0.2, 0) is 22.4 Å². The number of carbonyl (C=O) groups is 1. The number of amides is 1. The molecule has 114 valence electrons. The highest BCUT2D eigenvalue weighted by atomic mass is 32.1. The largest absolute Gasteiger partial charge is 0.366 e. The summed E-state index contributed by atoms with van der Waals surface area (Å²) in [6, 6.07) is 2.26. The van der Waals surface area contributed by atoms with Crippen molar-refractivity contribution in [1.82, 2.24) is 0 Å². The van der Waals surface area contributed by atoms with Gasteiger partial charge in [-0.05, 0) is 52.0 Å². The molecule has 0 fully saturated rings. The first-order valence-electron chi connectivity index (χ1n) is 7.39. The van der Waals surface area contributed by atoms with Crippen molar-refractivity contribution in [2.45, 2.75) is 58.5 Å². The molecule has 0 bridgehead atoms. The second kappa shape index (κ2) is 6.59. The van der Waals surface area contributed by atoms with Gasteiger partial charge in [-0.25, -0.2) is 0 Å². The van der Waals surface area contributed by atoms with Crippen molar-refractivity contribution in [3.05, 3.63) is 16.0 Å². The predicted octanol–water partition coefficient (Wildman–Crippen LogP) is 3.64. The average Bonchev–Trinajstić information content (AvgIpc) is 2.57. The molecule has 21 heavy (non-hydrogen) atoms. The van der Waals surface area contributed by atoms with Crippen LogP contribution in [0, 0.1) is 11.3 Å². The lowest BCUT2D eigenvalue weighted by atomic mass is 10.1. The van der Waals surface area contributed by atoms with Crippen LogP contribution in [0.25, 0.3) is 0 Å². The summed E-state index contributed by atoms with van der Waals surface area (Å²) in [6.45, 7) is 5.74. The van der Waals surface area contributed by atoms with Crippen LogP contribution in [0.4, 0.5) is 5.00 Å². The first kappa shape index (κ1) is 16.0. The Labute approximate surface area is 130 Å². The van der Waals surface area contributed by atoms with Gasteiger partial charge in [-0.1, -0.05) is 6.42 Å². The number of ether oxygens (including phenoxy) is 1. The van der Waals surface area contributed by atoms with Crippen LogP contribution >= 0.6 is 11.3 Å². The third-order valence-electron chi connectivity index (χ3n) is 3.42. The smallest absolute Gasteiger partial charge is 0.251 e. The highest BCUT2D eigenvalue weighted by molar-refractivity contribution is 7.16.